The van der Waals surface area contributed by atoms with Gasteiger partial charge in [-0.15, -0.1) is 0 Å². The highest BCUT2D eigenvalue weighted by Crippen LogP contribution is 2.04. The molecule has 1 atom stereocenters. The second kappa shape index (κ2) is 6.68. The largest absolute Gasteiger partial charge is 0.312 e. The fraction of sp³-hybridized carbons (Fsp3) is 1.00. The summed E-state index contributed by atoms with van der Waals surface area (Å²) in [5.41, 5.74) is 0. The summed E-state index contributed by atoms with van der Waals surface area (Å²) in [5, 5.41) is 3.47. The molecule has 78 valence electrons. The van der Waals surface area contributed by atoms with Crippen LogP contribution in [0.3, 0.4) is 0 Å². The average Bonchev–Trinajstić information content (AvgIpc) is 2.13. The minimum Gasteiger partial charge on any atom is -0.312 e. The number of hydrogen-bond acceptors (Lipinski definition) is 3. The SMILES string of the molecule is CCSCCCN1CCNC(C)C1. The Hall–Kier alpha value is 0.270. The fourth-order valence-electron chi connectivity index (χ4n) is 1.75. The highest BCUT2D eigenvalue weighted by molar-refractivity contribution is 7.99. The van der Waals surface area contributed by atoms with Gasteiger partial charge in [0.1, 0.15) is 0 Å². The van der Waals surface area contributed by atoms with Crippen LogP contribution < -0.4 is 5.32 Å². The first kappa shape index (κ1) is 11.3. The highest BCUT2D eigenvalue weighted by atomic mass is 32.2. The molecule has 1 aliphatic heterocycles. The van der Waals surface area contributed by atoms with Crippen molar-refractivity contribution >= 4 is 11.8 Å². The molecule has 13 heavy (non-hydrogen) atoms. The zero-order chi connectivity index (χ0) is 9.52. The summed E-state index contributed by atoms with van der Waals surface area (Å²) in [6.07, 6.45) is 1.35. The van der Waals surface area contributed by atoms with Gasteiger partial charge in [0.25, 0.3) is 0 Å². The van der Waals surface area contributed by atoms with Crippen LogP contribution >= 0.6 is 11.8 Å². The molecule has 1 saturated heterocycles. The number of thioether (sulfide) groups is 1. The van der Waals surface area contributed by atoms with Gasteiger partial charge in [0.15, 0.2) is 0 Å². The molecule has 0 saturated carbocycles. The molecule has 0 aromatic heterocycles. The van der Waals surface area contributed by atoms with Crippen LogP contribution in [0.2, 0.25) is 0 Å². The Bertz CT molecular complexity index is 130. The molecule has 0 aromatic carbocycles. The van der Waals surface area contributed by atoms with E-state index in [2.05, 4.69) is 35.8 Å². The summed E-state index contributed by atoms with van der Waals surface area (Å²) in [4.78, 5) is 2.58. The predicted octanol–water partition coefficient (Wildman–Crippen LogP) is 1.42. The van der Waals surface area contributed by atoms with Crippen LogP contribution in [0.5, 0.6) is 0 Å². The topological polar surface area (TPSA) is 15.3 Å². The van der Waals surface area contributed by atoms with Gasteiger partial charge in [-0.05, 0) is 31.4 Å². The van der Waals surface area contributed by atoms with E-state index in [0.29, 0.717) is 6.04 Å². The number of hydrogen-bond donors (Lipinski definition) is 1. The van der Waals surface area contributed by atoms with Crippen LogP contribution in [-0.2, 0) is 0 Å². The summed E-state index contributed by atoms with van der Waals surface area (Å²) in [7, 11) is 0. The van der Waals surface area contributed by atoms with Gasteiger partial charge < -0.3 is 10.2 Å². The second-order valence-corrected chi connectivity index (χ2v) is 5.10. The normalized spacial score (nSPS) is 24.9. The molecule has 1 fully saturated rings. The third-order valence-corrected chi connectivity index (χ3v) is 3.41. The van der Waals surface area contributed by atoms with Crippen molar-refractivity contribution in [1.82, 2.24) is 10.2 Å². The van der Waals surface area contributed by atoms with Crippen molar-refractivity contribution in [2.24, 2.45) is 0 Å². The van der Waals surface area contributed by atoms with Crippen LogP contribution in [0.25, 0.3) is 0 Å². The lowest BCUT2D eigenvalue weighted by atomic mass is 10.2. The van der Waals surface area contributed by atoms with Crippen LogP contribution in [0.4, 0.5) is 0 Å². The molecule has 1 rings (SSSR count). The summed E-state index contributed by atoms with van der Waals surface area (Å²) < 4.78 is 0. The molecule has 0 spiro atoms. The molecule has 1 N–H and O–H groups in total. The van der Waals surface area contributed by atoms with Crippen molar-refractivity contribution in [3.8, 4) is 0 Å². The molecule has 1 heterocycles. The molecule has 0 bridgehead atoms. The van der Waals surface area contributed by atoms with Crippen LogP contribution in [0, 0.1) is 0 Å². The van der Waals surface area contributed by atoms with Gasteiger partial charge in [-0.1, -0.05) is 6.92 Å². The molecular weight excluding hydrogens is 180 g/mol. The molecule has 0 aromatic rings. The zero-order valence-corrected chi connectivity index (χ0v) is 9.70. The van der Waals surface area contributed by atoms with Crippen molar-refractivity contribution < 1.29 is 0 Å². The average molecular weight is 202 g/mol. The van der Waals surface area contributed by atoms with Crippen molar-refractivity contribution in [3.63, 3.8) is 0 Å². The van der Waals surface area contributed by atoms with E-state index in [-0.39, 0.29) is 0 Å². The Labute approximate surface area is 86.5 Å². The monoisotopic (exact) mass is 202 g/mol. The van der Waals surface area contributed by atoms with Crippen LogP contribution in [0.15, 0.2) is 0 Å². The van der Waals surface area contributed by atoms with Crippen molar-refractivity contribution in [2.45, 2.75) is 26.3 Å². The van der Waals surface area contributed by atoms with Crippen molar-refractivity contribution in [1.29, 1.82) is 0 Å². The number of piperazine rings is 1. The van der Waals surface area contributed by atoms with E-state index in [9.17, 15) is 0 Å². The molecule has 3 heteroatoms. The van der Waals surface area contributed by atoms with E-state index in [1.165, 1.54) is 44.1 Å². The van der Waals surface area contributed by atoms with Crippen LogP contribution in [-0.4, -0.2) is 48.6 Å². The van der Waals surface area contributed by atoms with Gasteiger partial charge in [-0.3, -0.25) is 0 Å². The Morgan fingerprint density at radius 2 is 2.38 bits per heavy atom. The number of nitrogens with one attached hydrogen (secondary N) is 1. The van der Waals surface area contributed by atoms with E-state index in [1.807, 2.05) is 0 Å². The maximum Gasteiger partial charge on any atom is 0.0167 e. The minimum atomic E-state index is 0.688. The standard InChI is InChI=1S/C10H22N2S/c1-3-13-8-4-6-12-7-5-11-10(2)9-12/h10-11H,3-9H2,1-2H3. The summed E-state index contributed by atoms with van der Waals surface area (Å²) >= 11 is 2.06. The van der Waals surface area contributed by atoms with E-state index in [1.54, 1.807) is 0 Å². The molecule has 0 amide bonds. The van der Waals surface area contributed by atoms with E-state index < -0.39 is 0 Å². The smallest absolute Gasteiger partial charge is 0.0167 e. The molecule has 0 radical (unpaired) electrons. The first-order valence-corrected chi connectivity index (χ1v) is 6.52. The number of rotatable bonds is 5. The van der Waals surface area contributed by atoms with E-state index in [0.717, 1.165) is 0 Å². The first-order valence-electron chi connectivity index (χ1n) is 5.36. The quantitative estimate of drug-likeness (QED) is 0.679. The Morgan fingerprint density at radius 3 is 3.08 bits per heavy atom. The van der Waals surface area contributed by atoms with Gasteiger partial charge in [-0.25, -0.2) is 0 Å². The maximum atomic E-state index is 3.47. The van der Waals surface area contributed by atoms with Gasteiger partial charge in [-0.2, -0.15) is 11.8 Å². The third kappa shape index (κ3) is 4.89. The minimum absolute atomic E-state index is 0.688. The van der Waals surface area contributed by atoms with Crippen molar-refractivity contribution in [3.05, 3.63) is 0 Å². The number of nitrogens with zero attached hydrogens (tertiary/aromatic N) is 1. The summed E-state index contributed by atoms with van der Waals surface area (Å²) in [5.74, 6) is 2.59. The Kier molecular flexibility index (Phi) is 5.83. The molecule has 1 unspecified atom stereocenters. The van der Waals surface area contributed by atoms with Crippen LogP contribution in [0.1, 0.15) is 20.3 Å². The van der Waals surface area contributed by atoms with Crippen molar-refractivity contribution in [2.75, 3.05) is 37.7 Å². The maximum absolute atomic E-state index is 3.47. The molecule has 0 aliphatic carbocycles. The Morgan fingerprint density at radius 1 is 1.54 bits per heavy atom. The van der Waals surface area contributed by atoms with E-state index in [4.69, 9.17) is 0 Å². The van der Waals surface area contributed by atoms with Gasteiger partial charge in [0, 0.05) is 25.7 Å². The lowest BCUT2D eigenvalue weighted by molar-refractivity contribution is 0.208. The lowest BCUT2D eigenvalue weighted by Crippen LogP contribution is -2.49. The van der Waals surface area contributed by atoms with Gasteiger partial charge >= 0.3 is 0 Å². The van der Waals surface area contributed by atoms with Gasteiger partial charge in [0.2, 0.25) is 0 Å². The summed E-state index contributed by atoms with van der Waals surface area (Å²) in [6.45, 7) is 9.43. The van der Waals surface area contributed by atoms with E-state index >= 15 is 0 Å². The zero-order valence-electron chi connectivity index (χ0n) is 8.88. The van der Waals surface area contributed by atoms with Gasteiger partial charge in [0.05, 0.1) is 0 Å². The molecule has 1 aliphatic rings. The third-order valence-electron chi connectivity index (χ3n) is 2.42. The first-order chi connectivity index (χ1) is 6.33. The fourth-order valence-corrected chi connectivity index (χ4v) is 2.37. The molecule has 2 nitrogen and oxygen atoms in total. The molecular formula is C10H22N2S. The lowest BCUT2D eigenvalue weighted by Gasteiger charge is -2.31. The Balaban J connectivity index is 2.00. The summed E-state index contributed by atoms with van der Waals surface area (Å²) in [6, 6.07) is 0.688. The highest BCUT2D eigenvalue weighted by Gasteiger charge is 2.14. The second-order valence-electron chi connectivity index (χ2n) is 3.71. The predicted molar refractivity (Wildman–Crippen MR) is 61.5 cm³/mol.